The van der Waals surface area contributed by atoms with Crippen molar-refractivity contribution >= 4 is 11.0 Å². The van der Waals surface area contributed by atoms with Crippen LogP contribution < -0.4 is 5.32 Å². The monoisotopic (exact) mass is 260 g/mol. The Balaban J connectivity index is 2.04. The zero-order chi connectivity index (χ0) is 13.8. The number of nitrogens with zero attached hydrogens (tertiary/aromatic N) is 1. The van der Waals surface area contributed by atoms with Crippen LogP contribution in [-0.2, 0) is 6.54 Å². The first-order valence-corrected chi connectivity index (χ1v) is 6.91. The van der Waals surface area contributed by atoms with Crippen molar-refractivity contribution in [3.05, 3.63) is 36.1 Å². The zero-order valence-electron chi connectivity index (χ0n) is 12.3. The van der Waals surface area contributed by atoms with Crippen molar-refractivity contribution in [1.29, 1.82) is 0 Å². The lowest BCUT2D eigenvalue weighted by atomic mass is 10.0. The summed E-state index contributed by atoms with van der Waals surface area (Å²) in [6.45, 7) is 6.42. The third kappa shape index (κ3) is 3.58. The number of hydrogen-bond donors (Lipinski definition) is 1. The minimum atomic E-state index is 0.490. The molecule has 1 atom stereocenters. The van der Waals surface area contributed by atoms with Gasteiger partial charge in [0.2, 0.25) is 0 Å². The number of benzene rings is 1. The molecule has 0 aliphatic rings. The minimum Gasteiger partial charge on any atom is -0.464 e. The molecule has 2 rings (SSSR count). The van der Waals surface area contributed by atoms with Gasteiger partial charge in [0.1, 0.15) is 5.58 Å². The van der Waals surface area contributed by atoms with Gasteiger partial charge in [0.05, 0.1) is 6.26 Å². The molecule has 0 saturated heterocycles. The highest BCUT2D eigenvalue weighted by Crippen LogP contribution is 2.20. The number of nitrogens with one attached hydrogen (secondary N) is 1. The molecule has 3 nitrogen and oxygen atoms in total. The molecule has 0 spiro atoms. The summed E-state index contributed by atoms with van der Waals surface area (Å²) in [4.78, 5) is 2.23. The molecule has 0 amide bonds. The second-order valence-electron chi connectivity index (χ2n) is 5.75. The third-order valence-electron chi connectivity index (χ3n) is 3.48. The number of fused-ring (bicyclic) bond motifs is 1. The molecule has 1 N–H and O–H groups in total. The smallest absolute Gasteiger partial charge is 0.134 e. The molecule has 19 heavy (non-hydrogen) atoms. The second-order valence-corrected chi connectivity index (χ2v) is 5.75. The van der Waals surface area contributed by atoms with Crippen molar-refractivity contribution in [1.82, 2.24) is 10.2 Å². The van der Waals surface area contributed by atoms with Gasteiger partial charge in [-0.15, -0.1) is 0 Å². The molecule has 0 aliphatic heterocycles. The maximum Gasteiger partial charge on any atom is 0.134 e. The van der Waals surface area contributed by atoms with E-state index in [1.165, 1.54) is 10.9 Å². The largest absolute Gasteiger partial charge is 0.464 e. The van der Waals surface area contributed by atoms with Gasteiger partial charge < -0.3 is 14.6 Å². The van der Waals surface area contributed by atoms with E-state index in [9.17, 15) is 0 Å². The summed E-state index contributed by atoms with van der Waals surface area (Å²) >= 11 is 0. The Morgan fingerprint density at radius 2 is 1.95 bits per heavy atom. The fourth-order valence-electron chi connectivity index (χ4n) is 2.32. The van der Waals surface area contributed by atoms with E-state index in [1.54, 1.807) is 0 Å². The molecule has 1 heterocycles. The van der Waals surface area contributed by atoms with E-state index < -0.39 is 0 Å². The Labute approximate surface area is 115 Å². The minimum absolute atomic E-state index is 0.490. The first-order chi connectivity index (χ1) is 9.08. The standard InChI is InChI=1S/C16H24N2O/c1-12(2)15(10-18(3)4)17-9-13-11-19-16-8-6-5-7-14(13)16/h5-8,11-12,15,17H,9-10H2,1-4H3. The molecule has 0 aliphatic carbocycles. The summed E-state index contributed by atoms with van der Waals surface area (Å²) in [5.74, 6) is 0.612. The van der Waals surface area contributed by atoms with Crippen LogP contribution in [0.4, 0.5) is 0 Å². The molecule has 1 aromatic carbocycles. The summed E-state index contributed by atoms with van der Waals surface area (Å²) in [6.07, 6.45) is 1.87. The van der Waals surface area contributed by atoms with Gasteiger partial charge in [-0.3, -0.25) is 0 Å². The number of para-hydroxylation sites is 1. The van der Waals surface area contributed by atoms with Crippen LogP contribution in [0.2, 0.25) is 0 Å². The number of likely N-dealkylation sites (N-methyl/N-ethyl adjacent to an activating group) is 1. The summed E-state index contributed by atoms with van der Waals surface area (Å²) in [5, 5.41) is 4.85. The highest BCUT2D eigenvalue weighted by Gasteiger charge is 2.14. The Hall–Kier alpha value is -1.32. The van der Waals surface area contributed by atoms with Crippen molar-refractivity contribution in [2.24, 2.45) is 5.92 Å². The van der Waals surface area contributed by atoms with E-state index in [-0.39, 0.29) is 0 Å². The molecule has 2 aromatic rings. The normalized spacial score (nSPS) is 13.6. The maximum atomic E-state index is 5.57. The second kappa shape index (κ2) is 6.22. The fourth-order valence-corrected chi connectivity index (χ4v) is 2.32. The molecule has 104 valence electrons. The molecule has 1 unspecified atom stereocenters. The highest BCUT2D eigenvalue weighted by atomic mass is 16.3. The van der Waals surface area contributed by atoms with Gasteiger partial charge >= 0.3 is 0 Å². The van der Waals surface area contributed by atoms with Crippen molar-refractivity contribution in [3.63, 3.8) is 0 Å². The number of hydrogen-bond acceptors (Lipinski definition) is 3. The quantitative estimate of drug-likeness (QED) is 0.865. The molecule has 1 aromatic heterocycles. The van der Waals surface area contributed by atoms with Gasteiger partial charge in [-0.2, -0.15) is 0 Å². The molecule has 0 bridgehead atoms. The lowest BCUT2D eigenvalue weighted by Gasteiger charge is -2.25. The van der Waals surface area contributed by atoms with Gasteiger partial charge in [0.15, 0.2) is 0 Å². The van der Waals surface area contributed by atoms with Crippen LogP contribution in [0.5, 0.6) is 0 Å². The highest BCUT2D eigenvalue weighted by molar-refractivity contribution is 5.80. The Morgan fingerprint density at radius 1 is 1.21 bits per heavy atom. The van der Waals surface area contributed by atoms with Crippen LogP contribution >= 0.6 is 0 Å². The average Bonchev–Trinajstić information content (AvgIpc) is 2.77. The van der Waals surface area contributed by atoms with E-state index in [0.717, 1.165) is 18.7 Å². The lowest BCUT2D eigenvalue weighted by Crippen LogP contribution is -2.41. The van der Waals surface area contributed by atoms with E-state index >= 15 is 0 Å². The molecule has 0 fully saturated rings. The van der Waals surface area contributed by atoms with Crippen molar-refractivity contribution in [2.45, 2.75) is 26.4 Å². The lowest BCUT2D eigenvalue weighted by molar-refractivity contribution is 0.288. The Morgan fingerprint density at radius 3 is 2.63 bits per heavy atom. The van der Waals surface area contributed by atoms with E-state index in [1.807, 2.05) is 18.4 Å². The predicted octanol–water partition coefficient (Wildman–Crippen LogP) is 3.11. The summed E-state index contributed by atoms with van der Waals surface area (Å²) < 4.78 is 5.57. The molecule has 0 saturated carbocycles. The van der Waals surface area contributed by atoms with Gasteiger partial charge in [0, 0.05) is 30.1 Å². The fraction of sp³-hybridized carbons (Fsp3) is 0.500. The zero-order valence-corrected chi connectivity index (χ0v) is 12.3. The topological polar surface area (TPSA) is 28.4 Å². The van der Waals surface area contributed by atoms with Gasteiger partial charge in [-0.05, 0) is 26.1 Å². The Bertz CT molecular complexity index is 516. The van der Waals surface area contributed by atoms with Crippen LogP contribution in [0.3, 0.4) is 0 Å². The summed E-state index contributed by atoms with van der Waals surface area (Å²) in [7, 11) is 4.23. The van der Waals surface area contributed by atoms with E-state index in [0.29, 0.717) is 12.0 Å². The Kier molecular flexibility index (Phi) is 4.61. The maximum absolute atomic E-state index is 5.57. The first-order valence-electron chi connectivity index (χ1n) is 6.91. The SMILES string of the molecule is CC(C)C(CN(C)C)NCc1coc2ccccc12. The van der Waals surface area contributed by atoms with Crippen molar-refractivity contribution in [2.75, 3.05) is 20.6 Å². The van der Waals surface area contributed by atoms with E-state index in [2.05, 4.69) is 50.3 Å². The number of furan rings is 1. The van der Waals surface area contributed by atoms with Crippen LogP contribution in [0.15, 0.2) is 34.9 Å². The third-order valence-corrected chi connectivity index (χ3v) is 3.48. The molecular weight excluding hydrogens is 236 g/mol. The van der Waals surface area contributed by atoms with Crippen molar-refractivity contribution < 1.29 is 4.42 Å². The van der Waals surface area contributed by atoms with Crippen LogP contribution in [-0.4, -0.2) is 31.6 Å². The van der Waals surface area contributed by atoms with Gasteiger partial charge in [0.25, 0.3) is 0 Å². The number of rotatable bonds is 6. The van der Waals surface area contributed by atoms with Crippen LogP contribution in [0, 0.1) is 5.92 Å². The summed E-state index contributed by atoms with van der Waals surface area (Å²) in [5.41, 5.74) is 2.20. The molecule has 0 radical (unpaired) electrons. The van der Waals surface area contributed by atoms with Gasteiger partial charge in [-0.25, -0.2) is 0 Å². The first kappa shape index (κ1) is 14.1. The van der Waals surface area contributed by atoms with Crippen LogP contribution in [0.25, 0.3) is 11.0 Å². The van der Waals surface area contributed by atoms with E-state index in [4.69, 9.17) is 4.42 Å². The molecular formula is C16H24N2O. The van der Waals surface area contributed by atoms with Crippen LogP contribution in [0.1, 0.15) is 19.4 Å². The van der Waals surface area contributed by atoms with Gasteiger partial charge in [-0.1, -0.05) is 32.0 Å². The van der Waals surface area contributed by atoms with Crippen molar-refractivity contribution in [3.8, 4) is 0 Å². The summed E-state index contributed by atoms with van der Waals surface area (Å²) in [6, 6.07) is 8.68. The predicted molar refractivity (Wildman–Crippen MR) is 80.2 cm³/mol. The molecule has 3 heteroatoms. The average molecular weight is 260 g/mol.